The maximum absolute atomic E-state index is 11.2. The molecule has 148 valence electrons. The van der Waals surface area contributed by atoms with Crippen LogP contribution in [0, 0.1) is 11.3 Å². The number of benzene rings is 1. The number of aromatic nitrogens is 1. The summed E-state index contributed by atoms with van der Waals surface area (Å²) in [6.45, 7) is 3.90. The molecule has 2 aliphatic heterocycles. The predicted molar refractivity (Wildman–Crippen MR) is 109 cm³/mol. The lowest BCUT2D eigenvalue weighted by Crippen LogP contribution is -2.36. The number of aromatic carboxylic acids is 1. The SMILES string of the molecule is O=C(O)c1cccc(-c2nc(CN3CC4(CCOCC4)[C@@H]4CCC[C@@H]43)cs2)c1. The van der Waals surface area contributed by atoms with Crippen LogP contribution in [0.15, 0.2) is 29.6 Å². The number of ether oxygens (including phenoxy) is 1. The van der Waals surface area contributed by atoms with Gasteiger partial charge in [-0.15, -0.1) is 11.3 Å². The number of rotatable bonds is 4. The summed E-state index contributed by atoms with van der Waals surface area (Å²) < 4.78 is 5.67. The van der Waals surface area contributed by atoms with Gasteiger partial charge in [0.25, 0.3) is 0 Å². The van der Waals surface area contributed by atoms with Crippen molar-refractivity contribution in [2.24, 2.45) is 11.3 Å². The summed E-state index contributed by atoms with van der Waals surface area (Å²) in [6, 6.07) is 7.76. The minimum atomic E-state index is -0.898. The Bertz CT molecular complexity index is 874. The number of nitrogens with zero attached hydrogens (tertiary/aromatic N) is 2. The number of carbonyl (C=O) groups is 1. The highest BCUT2D eigenvalue weighted by Crippen LogP contribution is 2.54. The molecule has 1 saturated carbocycles. The quantitative estimate of drug-likeness (QED) is 0.832. The Morgan fingerprint density at radius 3 is 3.00 bits per heavy atom. The first-order valence-corrected chi connectivity index (χ1v) is 11.1. The van der Waals surface area contributed by atoms with Crippen LogP contribution < -0.4 is 0 Å². The molecule has 3 fully saturated rings. The molecule has 3 aliphatic rings. The van der Waals surface area contributed by atoms with Crippen LogP contribution in [0.5, 0.6) is 0 Å². The molecule has 1 aromatic heterocycles. The van der Waals surface area contributed by atoms with Gasteiger partial charge in [-0.1, -0.05) is 18.6 Å². The van der Waals surface area contributed by atoms with E-state index in [0.29, 0.717) is 17.0 Å². The van der Waals surface area contributed by atoms with Crippen molar-refractivity contribution in [1.29, 1.82) is 0 Å². The zero-order valence-corrected chi connectivity index (χ0v) is 16.8. The van der Waals surface area contributed by atoms with Crippen LogP contribution in [0.1, 0.15) is 48.2 Å². The molecular weight excluding hydrogens is 372 g/mol. The maximum atomic E-state index is 11.2. The molecule has 1 aliphatic carbocycles. The van der Waals surface area contributed by atoms with Gasteiger partial charge >= 0.3 is 5.97 Å². The third kappa shape index (κ3) is 3.17. The van der Waals surface area contributed by atoms with Gasteiger partial charge in [-0.3, -0.25) is 4.90 Å². The first kappa shape index (κ1) is 18.3. The number of thiazole rings is 1. The Balaban J connectivity index is 1.34. The fraction of sp³-hybridized carbons (Fsp3) is 0.545. The molecule has 3 heterocycles. The van der Waals surface area contributed by atoms with E-state index < -0.39 is 5.97 Å². The highest BCUT2D eigenvalue weighted by molar-refractivity contribution is 7.13. The molecule has 1 N–H and O–H groups in total. The van der Waals surface area contributed by atoms with Crippen molar-refractivity contribution in [3.8, 4) is 10.6 Å². The normalized spacial score (nSPS) is 26.6. The minimum absolute atomic E-state index is 0.309. The van der Waals surface area contributed by atoms with Crippen LogP contribution in [0.3, 0.4) is 0 Å². The lowest BCUT2D eigenvalue weighted by atomic mass is 9.71. The van der Waals surface area contributed by atoms with Gasteiger partial charge in [0.1, 0.15) is 5.01 Å². The molecule has 1 spiro atoms. The maximum Gasteiger partial charge on any atom is 0.335 e. The molecule has 6 heteroatoms. The summed E-state index contributed by atoms with van der Waals surface area (Å²) in [6.07, 6.45) is 6.43. The largest absolute Gasteiger partial charge is 0.478 e. The van der Waals surface area contributed by atoms with Gasteiger partial charge in [0.05, 0.1) is 11.3 Å². The van der Waals surface area contributed by atoms with Gasteiger partial charge < -0.3 is 9.84 Å². The third-order valence-electron chi connectivity index (χ3n) is 7.01. The molecule has 0 amide bonds. The van der Waals surface area contributed by atoms with E-state index in [0.717, 1.165) is 41.9 Å². The second-order valence-electron chi connectivity index (χ2n) is 8.51. The molecule has 5 nitrogen and oxygen atoms in total. The van der Waals surface area contributed by atoms with Crippen molar-refractivity contribution < 1.29 is 14.6 Å². The summed E-state index contributed by atoms with van der Waals surface area (Å²) >= 11 is 1.61. The number of hydrogen-bond donors (Lipinski definition) is 1. The fourth-order valence-electron chi connectivity index (χ4n) is 5.72. The minimum Gasteiger partial charge on any atom is -0.478 e. The van der Waals surface area contributed by atoms with Crippen molar-refractivity contribution in [3.05, 3.63) is 40.9 Å². The Kier molecular flexibility index (Phi) is 4.73. The number of hydrogen-bond acceptors (Lipinski definition) is 5. The fourth-order valence-corrected chi connectivity index (χ4v) is 6.52. The average Bonchev–Trinajstić information content (AvgIpc) is 3.42. The van der Waals surface area contributed by atoms with Crippen LogP contribution >= 0.6 is 11.3 Å². The van der Waals surface area contributed by atoms with E-state index in [2.05, 4.69) is 10.3 Å². The molecule has 2 saturated heterocycles. The first-order chi connectivity index (χ1) is 13.6. The monoisotopic (exact) mass is 398 g/mol. The number of fused-ring (bicyclic) bond motifs is 2. The van der Waals surface area contributed by atoms with Gasteiger partial charge in [-0.25, -0.2) is 9.78 Å². The van der Waals surface area contributed by atoms with E-state index in [4.69, 9.17) is 9.72 Å². The zero-order chi connectivity index (χ0) is 19.1. The van der Waals surface area contributed by atoms with Crippen molar-refractivity contribution in [3.63, 3.8) is 0 Å². The van der Waals surface area contributed by atoms with Crippen LogP contribution in [0.25, 0.3) is 10.6 Å². The van der Waals surface area contributed by atoms with Gasteiger partial charge in [0.2, 0.25) is 0 Å². The summed E-state index contributed by atoms with van der Waals surface area (Å²) in [7, 11) is 0. The Labute approximate surface area is 169 Å². The van der Waals surface area contributed by atoms with Crippen LogP contribution in [-0.2, 0) is 11.3 Å². The topological polar surface area (TPSA) is 62.7 Å². The molecular formula is C22H26N2O3S. The summed E-state index contributed by atoms with van der Waals surface area (Å²) in [5, 5.41) is 12.3. The smallest absolute Gasteiger partial charge is 0.335 e. The molecule has 0 bridgehead atoms. The second kappa shape index (κ2) is 7.25. The number of carboxylic acid groups (broad SMARTS) is 1. The number of likely N-dealkylation sites (tertiary alicyclic amines) is 1. The Morgan fingerprint density at radius 2 is 2.18 bits per heavy atom. The molecule has 1 aromatic carbocycles. The first-order valence-electron chi connectivity index (χ1n) is 10.2. The lowest BCUT2D eigenvalue weighted by Gasteiger charge is -2.37. The van der Waals surface area contributed by atoms with Crippen molar-refractivity contribution in [2.75, 3.05) is 19.8 Å². The van der Waals surface area contributed by atoms with Crippen molar-refractivity contribution in [2.45, 2.75) is 44.7 Å². The van der Waals surface area contributed by atoms with Gasteiger partial charge in [-0.2, -0.15) is 0 Å². The van der Waals surface area contributed by atoms with Gasteiger partial charge in [-0.05, 0) is 49.1 Å². The molecule has 0 unspecified atom stereocenters. The van der Waals surface area contributed by atoms with Crippen LogP contribution in [-0.4, -0.2) is 46.8 Å². The van der Waals surface area contributed by atoms with E-state index in [9.17, 15) is 9.90 Å². The molecule has 2 aromatic rings. The van der Waals surface area contributed by atoms with Crippen molar-refractivity contribution in [1.82, 2.24) is 9.88 Å². The molecule has 28 heavy (non-hydrogen) atoms. The lowest BCUT2D eigenvalue weighted by molar-refractivity contribution is -0.00135. The average molecular weight is 399 g/mol. The molecule has 2 atom stereocenters. The van der Waals surface area contributed by atoms with E-state index in [1.807, 2.05) is 6.07 Å². The summed E-state index contributed by atoms with van der Waals surface area (Å²) in [5.41, 5.74) is 2.76. The Hall–Kier alpha value is -1.76. The summed E-state index contributed by atoms with van der Waals surface area (Å²) in [4.78, 5) is 18.8. The second-order valence-corrected chi connectivity index (χ2v) is 9.37. The van der Waals surface area contributed by atoms with Crippen LogP contribution in [0.2, 0.25) is 0 Å². The standard InChI is InChI=1S/C22H26N2O3S/c25-21(26)16-4-1-3-15(11-16)20-23-17(13-28-20)12-24-14-22(7-9-27-10-8-22)18-5-2-6-19(18)24/h1,3-4,11,13,18-19H,2,5-10,12,14H2,(H,25,26)/t18-,19+/m1/s1. The third-order valence-corrected chi connectivity index (χ3v) is 7.96. The van der Waals surface area contributed by atoms with E-state index in [1.54, 1.807) is 29.5 Å². The zero-order valence-electron chi connectivity index (χ0n) is 16.0. The van der Waals surface area contributed by atoms with E-state index >= 15 is 0 Å². The van der Waals surface area contributed by atoms with Gasteiger partial charge in [0.15, 0.2) is 0 Å². The predicted octanol–water partition coefficient (Wildman–Crippen LogP) is 4.29. The van der Waals surface area contributed by atoms with Crippen molar-refractivity contribution >= 4 is 17.3 Å². The van der Waals surface area contributed by atoms with Crippen LogP contribution in [0.4, 0.5) is 0 Å². The van der Waals surface area contributed by atoms with Gasteiger partial charge in [0, 0.05) is 43.3 Å². The molecule has 5 rings (SSSR count). The van der Waals surface area contributed by atoms with E-state index in [1.165, 1.54) is 38.6 Å². The molecule has 0 radical (unpaired) electrons. The Morgan fingerprint density at radius 1 is 1.32 bits per heavy atom. The number of carboxylic acids is 1. The summed E-state index contributed by atoms with van der Waals surface area (Å²) in [5.74, 6) is -0.0773. The van der Waals surface area contributed by atoms with E-state index in [-0.39, 0.29) is 0 Å². The highest BCUT2D eigenvalue weighted by Gasteiger charge is 2.54. The highest BCUT2D eigenvalue weighted by atomic mass is 32.1.